The molecular weight excluding hydrogens is 362 g/mol. The van der Waals surface area contributed by atoms with Crippen molar-refractivity contribution in [3.8, 4) is 17.2 Å². The summed E-state index contributed by atoms with van der Waals surface area (Å²) in [5, 5.41) is 3.40. The van der Waals surface area contributed by atoms with E-state index in [4.69, 9.17) is 21.1 Å². The van der Waals surface area contributed by atoms with Gasteiger partial charge in [-0.25, -0.2) is 0 Å². The number of ether oxygens (including phenoxy) is 2. The molecule has 0 aliphatic carbocycles. The number of hydrogen-bond donors (Lipinski definition) is 1. The largest absolute Gasteiger partial charge is 0.494 e. The molecular formula is C22H20ClNO3. The van der Waals surface area contributed by atoms with Crippen LogP contribution in [0.1, 0.15) is 12.5 Å². The molecule has 138 valence electrons. The first-order valence-corrected chi connectivity index (χ1v) is 9.06. The summed E-state index contributed by atoms with van der Waals surface area (Å²) in [5.41, 5.74) is 1.42. The van der Waals surface area contributed by atoms with Crippen LogP contribution in [0.5, 0.6) is 17.2 Å². The molecule has 1 amide bonds. The van der Waals surface area contributed by atoms with Crippen LogP contribution in [0.4, 0.5) is 5.69 Å². The number of carbonyl (C=O) groups is 1. The van der Waals surface area contributed by atoms with Crippen LogP contribution in [-0.4, -0.2) is 12.5 Å². The van der Waals surface area contributed by atoms with E-state index in [0.29, 0.717) is 28.8 Å². The number of para-hydroxylation sites is 1. The molecule has 0 aromatic heterocycles. The van der Waals surface area contributed by atoms with Crippen molar-refractivity contribution < 1.29 is 14.3 Å². The zero-order valence-electron chi connectivity index (χ0n) is 14.9. The van der Waals surface area contributed by atoms with Crippen LogP contribution in [-0.2, 0) is 11.2 Å². The van der Waals surface area contributed by atoms with Gasteiger partial charge in [0.1, 0.15) is 11.5 Å². The van der Waals surface area contributed by atoms with Crippen molar-refractivity contribution in [3.63, 3.8) is 0 Å². The van der Waals surface area contributed by atoms with Crippen LogP contribution in [0.15, 0.2) is 72.8 Å². The van der Waals surface area contributed by atoms with Gasteiger partial charge in [-0.05, 0) is 55.0 Å². The topological polar surface area (TPSA) is 47.6 Å². The molecule has 5 heteroatoms. The first kappa shape index (κ1) is 18.8. The number of rotatable bonds is 7. The number of carbonyl (C=O) groups excluding carboxylic acids is 1. The Morgan fingerprint density at radius 3 is 2.41 bits per heavy atom. The fraction of sp³-hybridized carbons (Fsp3) is 0.136. The zero-order chi connectivity index (χ0) is 19.1. The van der Waals surface area contributed by atoms with E-state index in [2.05, 4.69) is 5.32 Å². The minimum atomic E-state index is -0.153. The third-order valence-corrected chi connectivity index (χ3v) is 4.02. The Labute approximate surface area is 163 Å². The van der Waals surface area contributed by atoms with Gasteiger partial charge in [0.2, 0.25) is 5.91 Å². The lowest BCUT2D eigenvalue weighted by atomic mass is 10.1. The Kier molecular flexibility index (Phi) is 6.34. The molecule has 0 unspecified atom stereocenters. The third-order valence-electron chi connectivity index (χ3n) is 3.79. The molecule has 3 rings (SSSR count). The van der Waals surface area contributed by atoms with E-state index in [-0.39, 0.29) is 12.3 Å². The van der Waals surface area contributed by atoms with Crippen molar-refractivity contribution in [2.75, 3.05) is 11.9 Å². The Hall–Kier alpha value is -2.98. The van der Waals surface area contributed by atoms with E-state index >= 15 is 0 Å². The van der Waals surface area contributed by atoms with Crippen LogP contribution in [0, 0.1) is 0 Å². The van der Waals surface area contributed by atoms with Crippen molar-refractivity contribution in [2.24, 2.45) is 0 Å². The van der Waals surface area contributed by atoms with Crippen LogP contribution in [0.2, 0.25) is 5.02 Å². The van der Waals surface area contributed by atoms with E-state index in [1.165, 1.54) is 0 Å². The van der Waals surface area contributed by atoms with E-state index in [1.807, 2.05) is 61.5 Å². The van der Waals surface area contributed by atoms with Gasteiger partial charge in [-0.2, -0.15) is 0 Å². The fourth-order valence-corrected chi connectivity index (χ4v) is 2.73. The second-order valence-electron chi connectivity index (χ2n) is 5.86. The molecule has 3 aromatic carbocycles. The lowest BCUT2D eigenvalue weighted by Crippen LogP contribution is -2.15. The molecule has 0 radical (unpaired) electrons. The smallest absolute Gasteiger partial charge is 0.228 e. The second kappa shape index (κ2) is 9.10. The molecule has 0 bridgehead atoms. The normalized spacial score (nSPS) is 10.3. The van der Waals surface area contributed by atoms with Gasteiger partial charge in [0.05, 0.1) is 18.7 Å². The number of halogens is 1. The summed E-state index contributed by atoms with van der Waals surface area (Å²) < 4.78 is 11.3. The quantitative estimate of drug-likeness (QED) is 0.570. The van der Waals surface area contributed by atoms with Gasteiger partial charge in [0, 0.05) is 5.02 Å². The third kappa shape index (κ3) is 5.50. The monoisotopic (exact) mass is 381 g/mol. The molecule has 0 atom stereocenters. The summed E-state index contributed by atoms with van der Waals surface area (Å²) in [7, 11) is 0. The minimum absolute atomic E-state index is 0.153. The highest BCUT2D eigenvalue weighted by atomic mass is 35.5. The predicted octanol–water partition coefficient (Wildman–Crippen LogP) is 5.71. The van der Waals surface area contributed by atoms with Crippen LogP contribution < -0.4 is 14.8 Å². The maximum Gasteiger partial charge on any atom is 0.228 e. The molecule has 1 N–H and O–H groups in total. The van der Waals surface area contributed by atoms with Crippen molar-refractivity contribution in [2.45, 2.75) is 13.3 Å². The molecule has 0 saturated carbocycles. The Bertz CT molecular complexity index is 895. The Morgan fingerprint density at radius 2 is 1.70 bits per heavy atom. The maximum absolute atomic E-state index is 12.5. The summed E-state index contributed by atoms with van der Waals surface area (Å²) in [6, 6.07) is 22.0. The number of hydrogen-bond acceptors (Lipinski definition) is 3. The van der Waals surface area contributed by atoms with E-state index in [9.17, 15) is 4.79 Å². The van der Waals surface area contributed by atoms with Crippen molar-refractivity contribution in [1.82, 2.24) is 0 Å². The Balaban J connectivity index is 1.70. The summed E-state index contributed by atoms with van der Waals surface area (Å²) in [5.74, 6) is 1.85. The first-order valence-electron chi connectivity index (χ1n) is 8.68. The number of anilines is 1. The highest BCUT2D eigenvalue weighted by molar-refractivity contribution is 6.31. The summed E-state index contributed by atoms with van der Waals surface area (Å²) in [6.07, 6.45) is 0.240. The Morgan fingerprint density at radius 1 is 0.963 bits per heavy atom. The lowest BCUT2D eigenvalue weighted by molar-refractivity contribution is -0.115. The maximum atomic E-state index is 12.5. The van der Waals surface area contributed by atoms with Crippen LogP contribution in [0.25, 0.3) is 0 Å². The molecule has 0 saturated heterocycles. The van der Waals surface area contributed by atoms with E-state index in [0.717, 1.165) is 11.3 Å². The molecule has 0 spiro atoms. The molecule has 3 aromatic rings. The summed E-state index contributed by atoms with van der Waals surface area (Å²) in [4.78, 5) is 12.5. The number of benzene rings is 3. The van der Waals surface area contributed by atoms with Crippen LogP contribution in [0.3, 0.4) is 0 Å². The van der Waals surface area contributed by atoms with Crippen molar-refractivity contribution >= 4 is 23.2 Å². The average Bonchev–Trinajstić information content (AvgIpc) is 2.66. The molecule has 4 nitrogen and oxygen atoms in total. The number of nitrogens with one attached hydrogen (secondary N) is 1. The highest BCUT2D eigenvalue weighted by Crippen LogP contribution is 2.32. The summed E-state index contributed by atoms with van der Waals surface area (Å²) in [6.45, 7) is 2.54. The molecule has 0 aliphatic heterocycles. The van der Waals surface area contributed by atoms with Gasteiger partial charge in [-0.15, -0.1) is 0 Å². The van der Waals surface area contributed by atoms with Gasteiger partial charge in [0.25, 0.3) is 0 Å². The van der Waals surface area contributed by atoms with Crippen LogP contribution >= 0.6 is 11.6 Å². The van der Waals surface area contributed by atoms with Gasteiger partial charge in [0.15, 0.2) is 5.75 Å². The highest BCUT2D eigenvalue weighted by Gasteiger charge is 2.11. The lowest BCUT2D eigenvalue weighted by Gasteiger charge is -2.13. The first-order chi connectivity index (χ1) is 13.1. The molecule has 0 heterocycles. The van der Waals surface area contributed by atoms with E-state index < -0.39 is 0 Å². The van der Waals surface area contributed by atoms with Gasteiger partial charge >= 0.3 is 0 Å². The fourth-order valence-electron chi connectivity index (χ4n) is 2.55. The SMILES string of the molecule is CCOc1ccc(CC(=O)Nc2cc(Cl)ccc2Oc2ccccc2)cc1. The molecule has 27 heavy (non-hydrogen) atoms. The molecule has 0 aliphatic rings. The average molecular weight is 382 g/mol. The van der Waals surface area contributed by atoms with E-state index in [1.54, 1.807) is 18.2 Å². The van der Waals surface area contributed by atoms with Crippen molar-refractivity contribution in [1.29, 1.82) is 0 Å². The van der Waals surface area contributed by atoms with Crippen molar-refractivity contribution in [3.05, 3.63) is 83.4 Å². The predicted molar refractivity (Wildman–Crippen MR) is 108 cm³/mol. The zero-order valence-corrected chi connectivity index (χ0v) is 15.7. The second-order valence-corrected chi connectivity index (χ2v) is 6.29. The minimum Gasteiger partial charge on any atom is -0.494 e. The van der Waals surface area contributed by atoms with Gasteiger partial charge < -0.3 is 14.8 Å². The summed E-state index contributed by atoms with van der Waals surface area (Å²) >= 11 is 6.09. The standard InChI is InChI=1S/C22H20ClNO3/c1-2-26-18-11-8-16(9-12-18)14-22(25)24-20-15-17(23)10-13-21(20)27-19-6-4-3-5-7-19/h3-13,15H,2,14H2,1H3,(H,24,25). The number of amides is 1. The molecule has 0 fully saturated rings. The van der Waals surface area contributed by atoms with Gasteiger partial charge in [-0.3, -0.25) is 4.79 Å². The van der Waals surface area contributed by atoms with Gasteiger partial charge in [-0.1, -0.05) is 41.9 Å².